The van der Waals surface area contributed by atoms with Crippen molar-refractivity contribution >= 4 is 15.9 Å². The first-order valence-corrected chi connectivity index (χ1v) is 6.15. The molecule has 1 saturated heterocycles. The summed E-state index contributed by atoms with van der Waals surface area (Å²) in [6.07, 6.45) is 1.73. The SMILES string of the molecule is CN1CCN(Cc2cnc(Br)c(F)c2)CC1. The van der Waals surface area contributed by atoms with E-state index in [2.05, 4.69) is 37.8 Å². The summed E-state index contributed by atoms with van der Waals surface area (Å²) in [6, 6.07) is 1.55. The van der Waals surface area contributed by atoms with Crippen molar-refractivity contribution < 1.29 is 4.39 Å². The number of rotatable bonds is 2. The standard InChI is InChI=1S/C11H15BrFN3/c1-15-2-4-16(5-3-15)8-9-6-10(13)11(12)14-7-9/h6-7H,2-5,8H2,1H3. The highest BCUT2D eigenvalue weighted by molar-refractivity contribution is 9.10. The van der Waals surface area contributed by atoms with E-state index in [4.69, 9.17) is 0 Å². The highest BCUT2D eigenvalue weighted by Gasteiger charge is 2.14. The van der Waals surface area contributed by atoms with Gasteiger partial charge in [-0.3, -0.25) is 4.90 Å². The lowest BCUT2D eigenvalue weighted by atomic mass is 10.2. The monoisotopic (exact) mass is 287 g/mol. The summed E-state index contributed by atoms with van der Waals surface area (Å²) in [5.74, 6) is -0.286. The third kappa shape index (κ3) is 2.99. The van der Waals surface area contributed by atoms with Gasteiger partial charge < -0.3 is 4.90 Å². The van der Waals surface area contributed by atoms with E-state index >= 15 is 0 Å². The van der Waals surface area contributed by atoms with Crippen LogP contribution in [0.2, 0.25) is 0 Å². The maximum atomic E-state index is 13.3. The highest BCUT2D eigenvalue weighted by Crippen LogP contribution is 2.14. The van der Waals surface area contributed by atoms with E-state index in [0.29, 0.717) is 0 Å². The molecule has 0 bridgehead atoms. The highest BCUT2D eigenvalue weighted by atomic mass is 79.9. The van der Waals surface area contributed by atoms with E-state index in [9.17, 15) is 4.39 Å². The van der Waals surface area contributed by atoms with Gasteiger partial charge in [0, 0.05) is 38.9 Å². The fraction of sp³-hybridized carbons (Fsp3) is 0.545. The van der Waals surface area contributed by atoms with Crippen molar-refractivity contribution in [1.29, 1.82) is 0 Å². The molecule has 3 nitrogen and oxygen atoms in total. The smallest absolute Gasteiger partial charge is 0.156 e. The van der Waals surface area contributed by atoms with Crippen LogP contribution in [0.3, 0.4) is 0 Å². The molecular formula is C11H15BrFN3. The molecule has 1 fully saturated rings. The number of piperazine rings is 1. The van der Waals surface area contributed by atoms with Gasteiger partial charge in [-0.25, -0.2) is 9.37 Å². The number of halogens is 2. The van der Waals surface area contributed by atoms with Gasteiger partial charge in [0.25, 0.3) is 0 Å². The molecule has 0 unspecified atom stereocenters. The quantitative estimate of drug-likeness (QED) is 0.773. The maximum Gasteiger partial charge on any atom is 0.156 e. The lowest BCUT2D eigenvalue weighted by molar-refractivity contribution is 0.148. The maximum absolute atomic E-state index is 13.3. The van der Waals surface area contributed by atoms with Crippen LogP contribution in [0.15, 0.2) is 16.9 Å². The van der Waals surface area contributed by atoms with E-state index in [1.807, 2.05) is 0 Å². The van der Waals surface area contributed by atoms with Crippen molar-refractivity contribution in [3.63, 3.8) is 0 Å². The second-order valence-corrected chi connectivity index (χ2v) is 4.95. The summed E-state index contributed by atoms with van der Waals surface area (Å²) >= 11 is 3.06. The summed E-state index contributed by atoms with van der Waals surface area (Å²) in [5, 5.41) is 0. The number of nitrogens with zero attached hydrogens (tertiary/aromatic N) is 3. The Hall–Kier alpha value is -0.520. The van der Waals surface area contributed by atoms with Crippen LogP contribution in [-0.4, -0.2) is 48.0 Å². The van der Waals surface area contributed by atoms with Crippen molar-refractivity contribution in [2.75, 3.05) is 33.2 Å². The van der Waals surface area contributed by atoms with Crippen LogP contribution < -0.4 is 0 Å². The number of hydrogen-bond donors (Lipinski definition) is 0. The predicted octanol–water partition coefficient (Wildman–Crippen LogP) is 1.73. The molecule has 0 spiro atoms. The molecule has 1 aromatic rings. The number of likely N-dealkylation sites (N-methyl/N-ethyl adjacent to an activating group) is 1. The average Bonchev–Trinajstić information content (AvgIpc) is 2.27. The van der Waals surface area contributed by atoms with Gasteiger partial charge in [-0.1, -0.05) is 0 Å². The Morgan fingerprint density at radius 3 is 2.69 bits per heavy atom. The number of aromatic nitrogens is 1. The van der Waals surface area contributed by atoms with E-state index < -0.39 is 0 Å². The minimum atomic E-state index is -0.286. The zero-order chi connectivity index (χ0) is 11.5. The Kier molecular flexibility index (Phi) is 3.89. The van der Waals surface area contributed by atoms with E-state index in [0.717, 1.165) is 38.3 Å². The third-order valence-corrected chi connectivity index (χ3v) is 3.44. The van der Waals surface area contributed by atoms with Crippen molar-refractivity contribution in [2.24, 2.45) is 0 Å². The van der Waals surface area contributed by atoms with Gasteiger partial charge in [0.2, 0.25) is 0 Å². The molecule has 1 aromatic heterocycles. The Morgan fingerprint density at radius 1 is 1.38 bits per heavy atom. The molecule has 0 N–H and O–H groups in total. The van der Waals surface area contributed by atoms with Gasteiger partial charge in [-0.05, 0) is 34.6 Å². The topological polar surface area (TPSA) is 19.4 Å². The van der Waals surface area contributed by atoms with Gasteiger partial charge in [0.05, 0.1) is 0 Å². The van der Waals surface area contributed by atoms with Crippen LogP contribution in [0.5, 0.6) is 0 Å². The minimum Gasteiger partial charge on any atom is -0.304 e. The summed E-state index contributed by atoms with van der Waals surface area (Å²) in [5.41, 5.74) is 0.935. The average molecular weight is 288 g/mol. The molecule has 1 aliphatic heterocycles. The van der Waals surface area contributed by atoms with Crippen LogP contribution in [0, 0.1) is 5.82 Å². The molecule has 1 aliphatic rings. The Morgan fingerprint density at radius 2 is 2.06 bits per heavy atom. The Bertz CT molecular complexity index is 364. The molecule has 88 valence electrons. The first-order chi connectivity index (χ1) is 7.65. The lowest BCUT2D eigenvalue weighted by Gasteiger charge is -2.32. The van der Waals surface area contributed by atoms with E-state index in [1.165, 1.54) is 0 Å². The molecule has 5 heteroatoms. The van der Waals surface area contributed by atoms with Gasteiger partial charge >= 0.3 is 0 Å². The van der Waals surface area contributed by atoms with Crippen LogP contribution in [0.1, 0.15) is 5.56 Å². The molecule has 0 radical (unpaired) electrons. The predicted molar refractivity (Wildman–Crippen MR) is 64.7 cm³/mol. The van der Waals surface area contributed by atoms with Gasteiger partial charge in [-0.2, -0.15) is 0 Å². The second kappa shape index (κ2) is 5.21. The van der Waals surface area contributed by atoms with Crippen molar-refractivity contribution in [1.82, 2.24) is 14.8 Å². The van der Waals surface area contributed by atoms with Gasteiger partial charge in [-0.15, -0.1) is 0 Å². The molecule has 0 aromatic carbocycles. The fourth-order valence-corrected chi connectivity index (χ4v) is 2.03. The van der Waals surface area contributed by atoms with Gasteiger partial charge in [0.15, 0.2) is 5.82 Å². The molecule has 0 saturated carbocycles. The first kappa shape index (κ1) is 12.0. The third-order valence-electron chi connectivity index (χ3n) is 2.85. The first-order valence-electron chi connectivity index (χ1n) is 5.36. The zero-order valence-corrected chi connectivity index (χ0v) is 10.9. The van der Waals surface area contributed by atoms with Crippen molar-refractivity contribution in [3.05, 3.63) is 28.2 Å². The number of hydrogen-bond acceptors (Lipinski definition) is 3. The molecule has 16 heavy (non-hydrogen) atoms. The van der Waals surface area contributed by atoms with Gasteiger partial charge in [0.1, 0.15) is 4.60 Å². The molecular weight excluding hydrogens is 273 g/mol. The number of pyridine rings is 1. The minimum absolute atomic E-state index is 0.286. The summed E-state index contributed by atoms with van der Waals surface area (Å²) < 4.78 is 13.5. The van der Waals surface area contributed by atoms with Crippen LogP contribution >= 0.6 is 15.9 Å². The Labute approximate surface area is 103 Å². The summed E-state index contributed by atoms with van der Waals surface area (Å²) in [4.78, 5) is 8.59. The molecule has 2 heterocycles. The molecule has 2 rings (SSSR count). The van der Waals surface area contributed by atoms with Crippen LogP contribution in [0.4, 0.5) is 4.39 Å². The zero-order valence-electron chi connectivity index (χ0n) is 9.29. The van der Waals surface area contributed by atoms with Crippen molar-refractivity contribution in [3.8, 4) is 0 Å². The van der Waals surface area contributed by atoms with Crippen LogP contribution in [0.25, 0.3) is 0 Å². The van der Waals surface area contributed by atoms with E-state index in [-0.39, 0.29) is 10.4 Å². The summed E-state index contributed by atoms with van der Waals surface area (Å²) in [6.45, 7) is 5.01. The van der Waals surface area contributed by atoms with E-state index in [1.54, 1.807) is 12.3 Å². The normalized spacial score (nSPS) is 18.9. The van der Waals surface area contributed by atoms with Crippen molar-refractivity contribution in [2.45, 2.75) is 6.54 Å². The second-order valence-electron chi connectivity index (χ2n) is 4.20. The molecule has 0 aliphatic carbocycles. The van der Waals surface area contributed by atoms with Crippen LogP contribution in [-0.2, 0) is 6.54 Å². The largest absolute Gasteiger partial charge is 0.304 e. The lowest BCUT2D eigenvalue weighted by Crippen LogP contribution is -2.43. The fourth-order valence-electron chi connectivity index (χ4n) is 1.81. The Balaban J connectivity index is 1.96. The molecule has 0 atom stereocenters. The summed E-state index contributed by atoms with van der Waals surface area (Å²) in [7, 11) is 2.12. The molecule has 0 amide bonds.